The average molecular weight is 420 g/mol. The first-order valence-corrected chi connectivity index (χ1v) is 9.95. The van der Waals surface area contributed by atoms with Gasteiger partial charge in [0.1, 0.15) is 5.82 Å². The lowest BCUT2D eigenvalue weighted by molar-refractivity contribution is 0.0729. The Morgan fingerprint density at radius 3 is 2.97 bits per heavy atom. The highest BCUT2D eigenvalue weighted by Crippen LogP contribution is 2.36. The Labute approximate surface area is 177 Å². The molecular weight excluding hydrogens is 400 g/mol. The zero-order chi connectivity index (χ0) is 21.4. The monoisotopic (exact) mass is 420 g/mol. The predicted octanol–water partition coefficient (Wildman–Crippen LogP) is 2.55. The molecule has 1 aromatic carbocycles. The van der Waals surface area contributed by atoms with E-state index in [1.165, 1.54) is 13.2 Å². The Kier molecular flexibility index (Phi) is 4.78. The van der Waals surface area contributed by atoms with E-state index in [0.717, 1.165) is 6.42 Å². The Morgan fingerprint density at radius 2 is 2.10 bits per heavy atom. The number of ether oxygens (including phenoxy) is 3. The molecule has 1 atom stereocenters. The van der Waals surface area contributed by atoms with Crippen molar-refractivity contribution in [3.8, 4) is 28.6 Å². The molecule has 5 rings (SSSR count). The molecule has 0 bridgehead atoms. The van der Waals surface area contributed by atoms with Gasteiger partial charge in [-0.1, -0.05) is 0 Å². The summed E-state index contributed by atoms with van der Waals surface area (Å²) >= 11 is 0. The van der Waals surface area contributed by atoms with Gasteiger partial charge in [-0.3, -0.25) is 9.59 Å². The molecule has 1 fully saturated rings. The predicted molar refractivity (Wildman–Crippen MR) is 110 cm³/mol. The number of nitrogens with one attached hydrogen (secondary N) is 1. The van der Waals surface area contributed by atoms with Crippen molar-refractivity contribution in [2.75, 3.05) is 20.4 Å². The summed E-state index contributed by atoms with van der Waals surface area (Å²) in [4.78, 5) is 39.1. The summed E-state index contributed by atoms with van der Waals surface area (Å²) < 4.78 is 16.0. The molecule has 1 saturated heterocycles. The number of H-pyrrole nitrogens is 1. The summed E-state index contributed by atoms with van der Waals surface area (Å²) in [6.45, 7) is 0.719. The third kappa shape index (κ3) is 3.48. The van der Waals surface area contributed by atoms with E-state index in [0.29, 0.717) is 53.0 Å². The van der Waals surface area contributed by atoms with Crippen LogP contribution in [0, 0.1) is 0 Å². The maximum atomic E-state index is 13.3. The van der Waals surface area contributed by atoms with E-state index >= 15 is 0 Å². The summed E-state index contributed by atoms with van der Waals surface area (Å²) in [7, 11) is 1.52. The molecule has 9 heteroatoms. The number of aromatic nitrogens is 3. The minimum Gasteiger partial charge on any atom is -0.481 e. The fourth-order valence-corrected chi connectivity index (χ4v) is 4.01. The van der Waals surface area contributed by atoms with Crippen LogP contribution < -0.4 is 19.8 Å². The maximum Gasteiger partial charge on any atom is 0.254 e. The Bertz CT molecular complexity index is 1210. The first kappa shape index (κ1) is 19.1. The molecule has 0 aliphatic carbocycles. The number of carbonyl (C=O) groups is 1. The van der Waals surface area contributed by atoms with Crippen molar-refractivity contribution in [2.24, 2.45) is 0 Å². The normalized spacial score (nSPS) is 17.1. The van der Waals surface area contributed by atoms with Gasteiger partial charge in [0, 0.05) is 24.4 Å². The second-order valence-electron chi connectivity index (χ2n) is 7.30. The first-order valence-electron chi connectivity index (χ1n) is 9.95. The molecular formula is C22H20N4O5. The topological polar surface area (TPSA) is 107 Å². The molecule has 1 N–H and O–H groups in total. The van der Waals surface area contributed by atoms with Crippen LogP contribution in [0.3, 0.4) is 0 Å². The number of methoxy groups -OCH3 is 1. The van der Waals surface area contributed by atoms with Crippen molar-refractivity contribution >= 4 is 5.91 Å². The summed E-state index contributed by atoms with van der Waals surface area (Å²) in [5, 5.41) is 0. The molecule has 2 aliphatic rings. The SMILES string of the molecule is COc1ncccc1-c1cc(=O)[nH]c([C@H]2CCCN2C(=O)c2ccc3c(c2)OCO3)n1. The van der Waals surface area contributed by atoms with Crippen molar-refractivity contribution < 1.29 is 19.0 Å². The number of likely N-dealkylation sites (tertiary alicyclic amines) is 1. The standard InChI is InChI=1S/C22H20N4O5/c1-29-21-14(4-2-8-23-21)15-11-19(27)25-20(24-15)16-5-3-9-26(16)22(28)13-6-7-17-18(10-13)31-12-30-17/h2,4,6-8,10-11,16H,3,5,9,12H2,1H3,(H,24,25,27)/t16-/m1/s1. The number of benzene rings is 1. The molecule has 0 spiro atoms. The Hall–Kier alpha value is -3.88. The van der Waals surface area contributed by atoms with Crippen LogP contribution in [0.25, 0.3) is 11.3 Å². The number of aromatic amines is 1. The van der Waals surface area contributed by atoms with Gasteiger partial charge in [-0.05, 0) is 43.2 Å². The molecule has 9 nitrogen and oxygen atoms in total. The fourth-order valence-electron chi connectivity index (χ4n) is 4.01. The van der Waals surface area contributed by atoms with Crippen molar-refractivity contribution in [1.82, 2.24) is 19.9 Å². The third-order valence-electron chi connectivity index (χ3n) is 5.45. The van der Waals surface area contributed by atoms with E-state index in [-0.39, 0.29) is 24.3 Å². The van der Waals surface area contributed by atoms with Crippen molar-refractivity contribution in [3.63, 3.8) is 0 Å². The van der Waals surface area contributed by atoms with Crippen LogP contribution in [0.15, 0.2) is 47.4 Å². The van der Waals surface area contributed by atoms with E-state index in [1.54, 1.807) is 41.4 Å². The van der Waals surface area contributed by atoms with E-state index in [2.05, 4.69) is 15.0 Å². The molecule has 0 saturated carbocycles. The van der Waals surface area contributed by atoms with Gasteiger partial charge in [-0.2, -0.15) is 0 Å². The highest BCUT2D eigenvalue weighted by molar-refractivity contribution is 5.95. The Balaban J connectivity index is 1.49. The second-order valence-corrected chi connectivity index (χ2v) is 7.30. The number of carbonyl (C=O) groups excluding carboxylic acids is 1. The van der Waals surface area contributed by atoms with Gasteiger partial charge in [0.15, 0.2) is 11.5 Å². The first-order chi connectivity index (χ1) is 15.1. The molecule has 1 amide bonds. The lowest BCUT2D eigenvalue weighted by Gasteiger charge is -2.24. The van der Waals surface area contributed by atoms with Crippen molar-refractivity contribution in [2.45, 2.75) is 18.9 Å². The summed E-state index contributed by atoms with van der Waals surface area (Å²) in [5.41, 5.74) is 1.27. The van der Waals surface area contributed by atoms with Gasteiger partial charge in [0.05, 0.1) is 24.4 Å². The number of hydrogen-bond acceptors (Lipinski definition) is 7. The van der Waals surface area contributed by atoms with Gasteiger partial charge in [0.25, 0.3) is 11.5 Å². The largest absolute Gasteiger partial charge is 0.481 e. The van der Waals surface area contributed by atoms with Crippen LogP contribution in [-0.2, 0) is 0 Å². The van der Waals surface area contributed by atoms with E-state index in [4.69, 9.17) is 14.2 Å². The number of pyridine rings is 1. The summed E-state index contributed by atoms with van der Waals surface area (Å²) in [5.74, 6) is 1.86. The van der Waals surface area contributed by atoms with Gasteiger partial charge < -0.3 is 24.1 Å². The van der Waals surface area contributed by atoms with E-state index in [1.807, 2.05) is 0 Å². The van der Waals surface area contributed by atoms with Crippen molar-refractivity contribution in [1.29, 1.82) is 0 Å². The second kappa shape index (κ2) is 7.75. The lowest BCUT2D eigenvalue weighted by atomic mass is 10.1. The molecule has 4 heterocycles. The molecule has 0 radical (unpaired) electrons. The van der Waals surface area contributed by atoms with Crippen LogP contribution in [0.4, 0.5) is 0 Å². The molecule has 3 aromatic rings. The zero-order valence-corrected chi connectivity index (χ0v) is 16.8. The van der Waals surface area contributed by atoms with Gasteiger partial charge in [-0.25, -0.2) is 9.97 Å². The third-order valence-corrected chi connectivity index (χ3v) is 5.45. The number of hydrogen-bond donors (Lipinski definition) is 1. The lowest BCUT2D eigenvalue weighted by Crippen LogP contribution is -2.32. The molecule has 0 unspecified atom stereocenters. The smallest absolute Gasteiger partial charge is 0.254 e. The van der Waals surface area contributed by atoms with Gasteiger partial charge in [0.2, 0.25) is 12.7 Å². The maximum absolute atomic E-state index is 13.3. The van der Waals surface area contributed by atoms with Gasteiger partial charge in [-0.15, -0.1) is 0 Å². The van der Waals surface area contributed by atoms with Crippen molar-refractivity contribution in [3.05, 3.63) is 64.3 Å². The van der Waals surface area contributed by atoms with E-state index < -0.39 is 0 Å². The fraction of sp³-hybridized carbons (Fsp3) is 0.273. The van der Waals surface area contributed by atoms with Crippen LogP contribution in [-0.4, -0.2) is 46.2 Å². The summed E-state index contributed by atoms with van der Waals surface area (Å²) in [6, 6.07) is 9.75. The minimum atomic E-state index is -0.340. The van der Waals surface area contributed by atoms with Crippen LogP contribution in [0.2, 0.25) is 0 Å². The highest BCUT2D eigenvalue weighted by Gasteiger charge is 2.33. The number of nitrogens with zero attached hydrogens (tertiary/aromatic N) is 3. The van der Waals surface area contributed by atoms with Crippen LogP contribution >= 0.6 is 0 Å². The quantitative estimate of drug-likeness (QED) is 0.691. The number of fused-ring (bicyclic) bond motifs is 1. The van der Waals surface area contributed by atoms with Crippen LogP contribution in [0.1, 0.15) is 35.1 Å². The molecule has 31 heavy (non-hydrogen) atoms. The highest BCUT2D eigenvalue weighted by atomic mass is 16.7. The molecule has 158 valence electrons. The average Bonchev–Trinajstić information content (AvgIpc) is 3.47. The van der Waals surface area contributed by atoms with E-state index in [9.17, 15) is 9.59 Å². The minimum absolute atomic E-state index is 0.146. The Morgan fingerprint density at radius 1 is 1.23 bits per heavy atom. The molecule has 2 aliphatic heterocycles. The van der Waals surface area contributed by atoms with Gasteiger partial charge >= 0.3 is 0 Å². The zero-order valence-electron chi connectivity index (χ0n) is 16.8. The summed E-state index contributed by atoms with van der Waals surface area (Å²) in [6.07, 6.45) is 3.12. The molecule has 2 aromatic heterocycles. The number of amides is 1. The number of rotatable bonds is 4. The van der Waals surface area contributed by atoms with Crippen LogP contribution in [0.5, 0.6) is 17.4 Å².